The van der Waals surface area contributed by atoms with Crippen molar-refractivity contribution in [2.45, 2.75) is 57.3 Å². The molecule has 1 aromatic heterocycles. The Labute approximate surface area is 184 Å². The molecule has 4 rings (SSSR count). The molecule has 2 aliphatic heterocycles. The van der Waals surface area contributed by atoms with Crippen molar-refractivity contribution in [2.24, 2.45) is 11.8 Å². The highest BCUT2D eigenvalue weighted by Crippen LogP contribution is 2.33. The standard InChI is InChI=1S/C24H35N3O4/c1-30-16-15-26-12-6-5-9-20(23(26)28)18-10-13-27(14-11-18)24(29)22-17-21(25-31-22)19-7-3-2-4-8-19/h5-6,17-20H,2-4,7-16H2,1H3/t20-/m1/s1. The topological polar surface area (TPSA) is 75.9 Å². The van der Waals surface area contributed by atoms with E-state index in [1.165, 1.54) is 19.3 Å². The van der Waals surface area contributed by atoms with Gasteiger partial charge in [0.25, 0.3) is 5.91 Å². The van der Waals surface area contributed by atoms with Crippen LogP contribution >= 0.6 is 0 Å². The number of piperidine rings is 1. The highest BCUT2D eigenvalue weighted by molar-refractivity contribution is 5.91. The molecule has 1 saturated carbocycles. The molecule has 1 atom stereocenters. The summed E-state index contributed by atoms with van der Waals surface area (Å²) in [5, 5.41) is 4.21. The normalized spacial score (nSPS) is 23.9. The van der Waals surface area contributed by atoms with E-state index in [1.807, 2.05) is 15.9 Å². The van der Waals surface area contributed by atoms with E-state index in [1.54, 1.807) is 7.11 Å². The molecule has 170 valence electrons. The second-order valence-corrected chi connectivity index (χ2v) is 9.17. The van der Waals surface area contributed by atoms with Gasteiger partial charge in [-0.3, -0.25) is 9.59 Å². The molecule has 7 heteroatoms. The van der Waals surface area contributed by atoms with Gasteiger partial charge in [-0.1, -0.05) is 36.6 Å². The number of nitrogens with zero attached hydrogens (tertiary/aromatic N) is 3. The molecule has 0 spiro atoms. The van der Waals surface area contributed by atoms with Crippen molar-refractivity contribution in [1.82, 2.24) is 15.0 Å². The molecular formula is C24H35N3O4. The Hall–Kier alpha value is -2.15. The minimum absolute atomic E-state index is 0.00367. The number of rotatable bonds is 6. The van der Waals surface area contributed by atoms with Gasteiger partial charge < -0.3 is 19.1 Å². The maximum atomic E-state index is 13.1. The summed E-state index contributed by atoms with van der Waals surface area (Å²) in [6.45, 7) is 3.16. The largest absolute Gasteiger partial charge is 0.383 e. The van der Waals surface area contributed by atoms with Crippen LogP contribution in [0, 0.1) is 11.8 Å². The SMILES string of the molecule is COCCN1CC=CC[C@H](C2CCN(C(=O)c3cc(C4CCCCC4)no3)CC2)C1=O. The van der Waals surface area contributed by atoms with Gasteiger partial charge in [0.2, 0.25) is 11.7 Å². The summed E-state index contributed by atoms with van der Waals surface area (Å²) in [5.41, 5.74) is 0.935. The maximum absolute atomic E-state index is 13.1. The van der Waals surface area contributed by atoms with E-state index < -0.39 is 0 Å². The van der Waals surface area contributed by atoms with E-state index in [4.69, 9.17) is 9.26 Å². The summed E-state index contributed by atoms with van der Waals surface area (Å²) in [6.07, 6.45) is 12.7. The Morgan fingerprint density at radius 1 is 1.16 bits per heavy atom. The van der Waals surface area contributed by atoms with Crippen molar-refractivity contribution in [2.75, 3.05) is 39.9 Å². The van der Waals surface area contributed by atoms with Crippen molar-refractivity contribution in [3.8, 4) is 0 Å². The average molecular weight is 430 g/mol. The third-order valence-corrected chi connectivity index (χ3v) is 7.24. The first kappa shape index (κ1) is 22.1. The molecule has 1 aromatic rings. The van der Waals surface area contributed by atoms with Crippen LogP contribution in [0.1, 0.15) is 73.5 Å². The molecule has 0 unspecified atom stereocenters. The van der Waals surface area contributed by atoms with Gasteiger partial charge >= 0.3 is 0 Å². The molecule has 0 radical (unpaired) electrons. The molecule has 0 aromatic carbocycles. The van der Waals surface area contributed by atoms with Crippen LogP contribution in [-0.2, 0) is 9.53 Å². The van der Waals surface area contributed by atoms with Gasteiger partial charge in [0.15, 0.2) is 0 Å². The van der Waals surface area contributed by atoms with Gasteiger partial charge in [0, 0.05) is 51.2 Å². The molecule has 31 heavy (non-hydrogen) atoms. The van der Waals surface area contributed by atoms with Gasteiger partial charge in [-0.05, 0) is 38.0 Å². The molecule has 1 aliphatic carbocycles. The maximum Gasteiger partial charge on any atom is 0.292 e. The van der Waals surface area contributed by atoms with Crippen LogP contribution in [0.3, 0.4) is 0 Å². The zero-order chi connectivity index (χ0) is 21.6. The van der Waals surface area contributed by atoms with E-state index in [2.05, 4.69) is 17.3 Å². The molecule has 0 N–H and O–H groups in total. The Balaban J connectivity index is 1.32. The van der Waals surface area contributed by atoms with Gasteiger partial charge in [-0.15, -0.1) is 0 Å². The molecular weight excluding hydrogens is 394 g/mol. The monoisotopic (exact) mass is 429 g/mol. The van der Waals surface area contributed by atoms with Crippen LogP contribution < -0.4 is 0 Å². The average Bonchev–Trinajstić information content (AvgIpc) is 3.24. The van der Waals surface area contributed by atoms with Crippen molar-refractivity contribution < 1.29 is 18.8 Å². The van der Waals surface area contributed by atoms with E-state index in [0.29, 0.717) is 50.4 Å². The number of allylic oxidation sites excluding steroid dienone is 1. The Morgan fingerprint density at radius 3 is 2.68 bits per heavy atom. The molecule has 2 amide bonds. The van der Waals surface area contributed by atoms with Crippen molar-refractivity contribution in [3.63, 3.8) is 0 Å². The summed E-state index contributed by atoms with van der Waals surface area (Å²) in [4.78, 5) is 29.8. The Kier molecular flexibility index (Phi) is 7.43. The number of ether oxygens (including phenoxy) is 1. The van der Waals surface area contributed by atoms with Crippen LogP contribution in [0.4, 0.5) is 0 Å². The van der Waals surface area contributed by atoms with E-state index in [9.17, 15) is 9.59 Å². The van der Waals surface area contributed by atoms with Crippen LogP contribution in [0.15, 0.2) is 22.7 Å². The Morgan fingerprint density at radius 2 is 1.94 bits per heavy atom. The summed E-state index contributed by atoms with van der Waals surface area (Å²) in [7, 11) is 1.66. The van der Waals surface area contributed by atoms with E-state index in [-0.39, 0.29) is 17.7 Å². The predicted molar refractivity (Wildman–Crippen MR) is 117 cm³/mol. The number of methoxy groups -OCH3 is 1. The number of amides is 2. The second-order valence-electron chi connectivity index (χ2n) is 9.17. The quantitative estimate of drug-likeness (QED) is 0.646. The van der Waals surface area contributed by atoms with Crippen LogP contribution in [0.5, 0.6) is 0 Å². The zero-order valence-electron chi connectivity index (χ0n) is 18.6. The van der Waals surface area contributed by atoms with E-state index in [0.717, 1.165) is 37.8 Å². The van der Waals surface area contributed by atoms with Crippen molar-refractivity contribution in [1.29, 1.82) is 0 Å². The third-order valence-electron chi connectivity index (χ3n) is 7.24. The number of likely N-dealkylation sites (tertiary alicyclic amines) is 1. The highest BCUT2D eigenvalue weighted by atomic mass is 16.5. The van der Waals surface area contributed by atoms with Crippen LogP contribution in [-0.4, -0.2) is 66.7 Å². The zero-order valence-corrected chi connectivity index (χ0v) is 18.6. The van der Waals surface area contributed by atoms with Gasteiger partial charge in [0.05, 0.1) is 12.3 Å². The number of hydrogen-bond acceptors (Lipinski definition) is 5. The number of carbonyl (C=O) groups excluding carboxylic acids is 2. The molecule has 3 aliphatic rings. The van der Waals surface area contributed by atoms with Gasteiger partial charge in [0.1, 0.15) is 0 Å². The van der Waals surface area contributed by atoms with Gasteiger partial charge in [-0.2, -0.15) is 0 Å². The van der Waals surface area contributed by atoms with Crippen LogP contribution in [0.25, 0.3) is 0 Å². The lowest BCUT2D eigenvalue weighted by atomic mass is 9.81. The first-order valence-corrected chi connectivity index (χ1v) is 11.9. The molecule has 7 nitrogen and oxygen atoms in total. The number of hydrogen-bond donors (Lipinski definition) is 0. The molecule has 0 bridgehead atoms. The summed E-state index contributed by atoms with van der Waals surface area (Å²) in [5.74, 6) is 1.24. The summed E-state index contributed by atoms with van der Waals surface area (Å²) >= 11 is 0. The fourth-order valence-corrected chi connectivity index (χ4v) is 5.31. The summed E-state index contributed by atoms with van der Waals surface area (Å²) < 4.78 is 10.6. The lowest BCUT2D eigenvalue weighted by molar-refractivity contribution is -0.137. The van der Waals surface area contributed by atoms with Gasteiger partial charge in [-0.25, -0.2) is 0 Å². The molecule has 3 heterocycles. The number of aromatic nitrogens is 1. The predicted octanol–water partition coefficient (Wildman–Crippen LogP) is 3.63. The lowest BCUT2D eigenvalue weighted by Crippen LogP contribution is -2.44. The summed E-state index contributed by atoms with van der Waals surface area (Å²) in [6, 6.07) is 1.86. The second kappa shape index (κ2) is 10.4. The molecule has 1 saturated heterocycles. The highest BCUT2D eigenvalue weighted by Gasteiger charge is 2.35. The minimum atomic E-state index is -0.0678. The first-order valence-electron chi connectivity index (χ1n) is 11.9. The minimum Gasteiger partial charge on any atom is -0.383 e. The Bertz CT molecular complexity index is 776. The first-order chi connectivity index (χ1) is 15.2. The third kappa shape index (κ3) is 5.20. The molecule has 2 fully saturated rings. The van der Waals surface area contributed by atoms with Crippen molar-refractivity contribution in [3.05, 3.63) is 29.7 Å². The van der Waals surface area contributed by atoms with Crippen LogP contribution in [0.2, 0.25) is 0 Å². The number of carbonyl (C=O) groups is 2. The lowest BCUT2D eigenvalue weighted by Gasteiger charge is -2.36. The fraction of sp³-hybridized carbons (Fsp3) is 0.708. The fourth-order valence-electron chi connectivity index (χ4n) is 5.31. The smallest absolute Gasteiger partial charge is 0.292 e. The van der Waals surface area contributed by atoms with E-state index >= 15 is 0 Å². The van der Waals surface area contributed by atoms with Crippen molar-refractivity contribution >= 4 is 11.8 Å².